The quantitative estimate of drug-likeness (QED) is 0.657. The van der Waals surface area contributed by atoms with E-state index in [0.717, 1.165) is 0 Å². The topological polar surface area (TPSA) is 75.0 Å². The van der Waals surface area contributed by atoms with Gasteiger partial charge in [0.2, 0.25) is 0 Å². The molecule has 13 heavy (non-hydrogen) atoms. The van der Waals surface area contributed by atoms with E-state index in [0.29, 0.717) is 5.56 Å². The Morgan fingerprint density at radius 2 is 2.46 bits per heavy atom. The lowest BCUT2D eigenvalue weighted by Gasteiger charge is -2.00. The zero-order valence-corrected chi connectivity index (χ0v) is 6.94. The number of carbonyl (C=O) groups excluding carboxylic acids is 1. The van der Waals surface area contributed by atoms with Crippen molar-refractivity contribution < 1.29 is 9.63 Å². The van der Waals surface area contributed by atoms with Gasteiger partial charge in [0.15, 0.2) is 0 Å². The van der Waals surface area contributed by atoms with Crippen molar-refractivity contribution in [3.63, 3.8) is 0 Å². The van der Waals surface area contributed by atoms with Crippen LogP contribution in [0.1, 0.15) is 16.1 Å². The normalized spacial score (nSPS) is 8.92. The van der Waals surface area contributed by atoms with Crippen LogP contribution in [0.2, 0.25) is 0 Å². The Morgan fingerprint density at radius 3 is 2.92 bits per heavy atom. The molecule has 0 aliphatic carbocycles. The third-order valence-corrected chi connectivity index (χ3v) is 1.33. The zero-order valence-electron chi connectivity index (χ0n) is 6.94. The largest absolute Gasteiger partial charge is 0.277 e. The third kappa shape index (κ3) is 2.25. The van der Waals surface area contributed by atoms with Gasteiger partial charge in [-0.1, -0.05) is 0 Å². The molecule has 1 aromatic rings. The van der Waals surface area contributed by atoms with E-state index >= 15 is 0 Å². The average molecular weight is 177 g/mol. The molecule has 0 unspecified atom stereocenters. The molecule has 5 nitrogen and oxygen atoms in total. The maximum atomic E-state index is 11.1. The number of amides is 1. The SMILES string of the molecule is CONC(=O)c1ccc(C#N)nc1. The van der Waals surface area contributed by atoms with E-state index in [9.17, 15) is 4.79 Å². The minimum absolute atomic E-state index is 0.272. The minimum Gasteiger partial charge on any atom is -0.277 e. The average Bonchev–Trinajstić information content (AvgIpc) is 2.18. The van der Waals surface area contributed by atoms with Crippen LogP contribution in [0.25, 0.3) is 0 Å². The second kappa shape index (κ2) is 4.18. The Labute approximate surface area is 74.9 Å². The van der Waals surface area contributed by atoms with Crippen molar-refractivity contribution in [1.29, 1.82) is 5.26 Å². The van der Waals surface area contributed by atoms with Crippen LogP contribution in [0.4, 0.5) is 0 Å². The van der Waals surface area contributed by atoms with Crippen molar-refractivity contribution in [3.8, 4) is 6.07 Å². The number of nitrogens with zero attached hydrogens (tertiary/aromatic N) is 2. The summed E-state index contributed by atoms with van der Waals surface area (Å²) in [5.74, 6) is -0.389. The van der Waals surface area contributed by atoms with Gasteiger partial charge >= 0.3 is 0 Å². The van der Waals surface area contributed by atoms with Gasteiger partial charge in [-0.3, -0.25) is 9.63 Å². The number of hydrogen-bond acceptors (Lipinski definition) is 4. The molecule has 1 amide bonds. The third-order valence-electron chi connectivity index (χ3n) is 1.33. The van der Waals surface area contributed by atoms with Crippen LogP contribution < -0.4 is 5.48 Å². The fourth-order valence-corrected chi connectivity index (χ4v) is 0.746. The molecule has 1 heterocycles. The van der Waals surface area contributed by atoms with Crippen LogP contribution in [0, 0.1) is 11.3 Å². The molecule has 0 saturated heterocycles. The first-order valence-electron chi connectivity index (χ1n) is 3.47. The molecule has 0 aliphatic rings. The highest BCUT2D eigenvalue weighted by Gasteiger charge is 2.04. The lowest BCUT2D eigenvalue weighted by atomic mass is 10.2. The monoisotopic (exact) mass is 177 g/mol. The smallest absolute Gasteiger partial charge is 0.276 e. The first kappa shape index (κ1) is 9.16. The van der Waals surface area contributed by atoms with Crippen LogP contribution in [-0.4, -0.2) is 18.0 Å². The molecule has 0 spiro atoms. The summed E-state index contributed by atoms with van der Waals surface area (Å²) in [5, 5.41) is 8.43. The van der Waals surface area contributed by atoms with Gasteiger partial charge in [0.1, 0.15) is 11.8 Å². The standard InChI is InChI=1S/C8H7N3O2/c1-13-11-8(12)6-2-3-7(4-9)10-5-6/h2-3,5H,1H3,(H,11,12). The van der Waals surface area contributed by atoms with Gasteiger partial charge in [-0.05, 0) is 12.1 Å². The number of carbonyl (C=O) groups is 1. The van der Waals surface area contributed by atoms with Gasteiger partial charge in [0.25, 0.3) is 5.91 Å². The molecule has 5 heteroatoms. The molecule has 66 valence electrons. The minimum atomic E-state index is -0.389. The molecular formula is C8H7N3O2. The summed E-state index contributed by atoms with van der Waals surface area (Å²) in [6.07, 6.45) is 1.31. The van der Waals surface area contributed by atoms with Crippen LogP contribution >= 0.6 is 0 Å². The highest BCUT2D eigenvalue weighted by Crippen LogP contribution is 1.98. The summed E-state index contributed by atoms with van der Waals surface area (Å²) < 4.78 is 0. The van der Waals surface area contributed by atoms with Gasteiger partial charge in [0, 0.05) is 6.20 Å². The Kier molecular flexibility index (Phi) is 2.95. The van der Waals surface area contributed by atoms with Gasteiger partial charge in [0.05, 0.1) is 12.7 Å². The first-order chi connectivity index (χ1) is 6.27. The number of nitrogens with one attached hydrogen (secondary N) is 1. The predicted octanol–water partition coefficient (Wildman–Crippen LogP) is 0.244. The highest BCUT2D eigenvalue weighted by molar-refractivity contribution is 5.93. The second-order valence-corrected chi connectivity index (χ2v) is 2.18. The van der Waals surface area contributed by atoms with E-state index in [1.165, 1.54) is 25.4 Å². The van der Waals surface area contributed by atoms with Crippen LogP contribution in [0.15, 0.2) is 18.3 Å². The van der Waals surface area contributed by atoms with Gasteiger partial charge in [-0.2, -0.15) is 5.26 Å². The van der Waals surface area contributed by atoms with Crippen LogP contribution in [0.5, 0.6) is 0 Å². The molecule has 0 aromatic carbocycles. The lowest BCUT2D eigenvalue weighted by Crippen LogP contribution is -2.21. The van der Waals surface area contributed by atoms with Gasteiger partial charge in [-0.25, -0.2) is 10.5 Å². The second-order valence-electron chi connectivity index (χ2n) is 2.18. The molecule has 1 N–H and O–H groups in total. The number of rotatable bonds is 2. The van der Waals surface area contributed by atoms with Crippen molar-refractivity contribution in [2.75, 3.05) is 7.11 Å². The molecule has 1 aromatic heterocycles. The molecule has 0 fully saturated rings. The lowest BCUT2D eigenvalue weighted by molar-refractivity contribution is 0.0537. The summed E-state index contributed by atoms with van der Waals surface area (Å²) in [5.41, 5.74) is 2.76. The zero-order chi connectivity index (χ0) is 9.68. The number of hydroxylamine groups is 1. The van der Waals surface area contributed by atoms with E-state index < -0.39 is 0 Å². The highest BCUT2D eigenvalue weighted by atomic mass is 16.6. The van der Waals surface area contributed by atoms with Crippen LogP contribution in [0.3, 0.4) is 0 Å². The van der Waals surface area contributed by atoms with E-state index in [4.69, 9.17) is 5.26 Å². The van der Waals surface area contributed by atoms with Crippen LogP contribution in [-0.2, 0) is 4.84 Å². The molecule has 0 aliphatic heterocycles. The summed E-state index contributed by atoms with van der Waals surface area (Å²) in [7, 11) is 1.34. The summed E-state index contributed by atoms with van der Waals surface area (Å²) in [6, 6.07) is 4.81. The van der Waals surface area contributed by atoms with Gasteiger partial charge in [-0.15, -0.1) is 0 Å². The fourth-order valence-electron chi connectivity index (χ4n) is 0.746. The maximum absolute atomic E-state index is 11.1. The maximum Gasteiger partial charge on any atom is 0.276 e. The molecule has 0 saturated carbocycles. The Bertz CT molecular complexity index is 339. The predicted molar refractivity (Wildman–Crippen MR) is 43.4 cm³/mol. The van der Waals surface area contributed by atoms with E-state index in [2.05, 4.69) is 15.3 Å². The first-order valence-corrected chi connectivity index (χ1v) is 3.47. The number of nitriles is 1. The van der Waals surface area contributed by atoms with Crippen molar-refractivity contribution >= 4 is 5.91 Å². The number of hydrogen-bond donors (Lipinski definition) is 1. The van der Waals surface area contributed by atoms with Crippen molar-refractivity contribution in [2.45, 2.75) is 0 Å². The molecule has 0 atom stereocenters. The summed E-state index contributed by atoms with van der Waals surface area (Å²) in [6.45, 7) is 0. The Morgan fingerprint density at radius 1 is 1.69 bits per heavy atom. The fraction of sp³-hybridized carbons (Fsp3) is 0.125. The van der Waals surface area contributed by atoms with E-state index in [1.54, 1.807) is 0 Å². The molecule has 1 rings (SSSR count). The van der Waals surface area contributed by atoms with E-state index in [-0.39, 0.29) is 11.6 Å². The van der Waals surface area contributed by atoms with Crippen molar-refractivity contribution in [1.82, 2.24) is 10.5 Å². The number of aromatic nitrogens is 1. The molecule has 0 radical (unpaired) electrons. The van der Waals surface area contributed by atoms with Crippen molar-refractivity contribution in [3.05, 3.63) is 29.6 Å². The molecular weight excluding hydrogens is 170 g/mol. The van der Waals surface area contributed by atoms with E-state index in [1.807, 2.05) is 6.07 Å². The summed E-state index contributed by atoms with van der Waals surface area (Å²) in [4.78, 5) is 19.2. The Balaban J connectivity index is 2.81. The number of pyridine rings is 1. The van der Waals surface area contributed by atoms with Gasteiger partial charge < -0.3 is 0 Å². The molecule has 0 bridgehead atoms. The summed E-state index contributed by atoms with van der Waals surface area (Å²) >= 11 is 0. The van der Waals surface area contributed by atoms with Crippen molar-refractivity contribution in [2.24, 2.45) is 0 Å². The Hall–Kier alpha value is -1.93.